The SMILES string of the molecule is CC[C@@H](N)c1ccnc(/C=C/B2OC(C)(C)C(C)(C)O2)c1. The molecule has 0 spiro atoms. The van der Waals surface area contributed by atoms with Crippen LogP contribution in [0, 0.1) is 0 Å². The fourth-order valence-corrected chi connectivity index (χ4v) is 2.17. The molecule has 1 aliphatic rings. The van der Waals surface area contributed by atoms with Crippen molar-refractivity contribution in [1.82, 2.24) is 4.98 Å². The zero-order valence-electron chi connectivity index (χ0n) is 13.6. The van der Waals surface area contributed by atoms with Crippen molar-refractivity contribution in [2.24, 2.45) is 5.73 Å². The van der Waals surface area contributed by atoms with Gasteiger partial charge in [0.15, 0.2) is 0 Å². The van der Waals surface area contributed by atoms with E-state index in [1.807, 2.05) is 51.9 Å². The van der Waals surface area contributed by atoms with Crippen LogP contribution in [0.5, 0.6) is 0 Å². The van der Waals surface area contributed by atoms with E-state index in [4.69, 9.17) is 15.0 Å². The van der Waals surface area contributed by atoms with E-state index in [0.717, 1.165) is 17.7 Å². The van der Waals surface area contributed by atoms with Crippen molar-refractivity contribution in [3.8, 4) is 0 Å². The molecule has 21 heavy (non-hydrogen) atoms. The second-order valence-corrected chi connectivity index (χ2v) is 6.51. The summed E-state index contributed by atoms with van der Waals surface area (Å²) in [7, 11) is -0.347. The number of nitrogens with zero attached hydrogens (tertiary/aromatic N) is 1. The summed E-state index contributed by atoms with van der Waals surface area (Å²) in [6.07, 6.45) is 4.62. The third-order valence-electron chi connectivity index (χ3n) is 4.37. The molecule has 114 valence electrons. The van der Waals surface area contributed by atoms with Gasteiger partial charge in [-0.25, -0.2) is 0 Å². The van der Waals surface area contributed by atoms with Gasteiger partial charge < -0.3 is 15.0 Å². The number of pyridine rings is 1. The summed E-state index contributed by atoms with van der Waals surface area (Å²) >= 11 is 0. The molecule has 1 fully saturated rings. The number of rotatable bonds is 4. The average Bonchev–Trinajstić information content (AvgIpc) is 2.64. The molecular formula is C16H25BN2O2. The van der Waals surface area contributed by atoms with Gasteiger partial charge in [-0.1, -0.05) is 12.9 Å². The maximum Gasteiger partial charge on any atom is 0.487 e. The van der Waals surface area contributed by atoms with Crippen molar-refractivity contribution >= 4 is 13.2 Å². The molecule has 0 amide bonds. The molecule has 0 saturated carbocycles. The van der Waals surface area contributed by atoms with Crippen LogP contribution in [0.4, 0.5) is 0 Å². The molecule has 0 unspecified atom stereocenters. The number of hydrogen-bond donors (Lipinski definition) is 1. The van der Waals surface area contributed by atoms with Gasteiger partial charge in [-0.3, -0.25) is 4.98 Å². The Balaban J connectivity index is 2.09. The maximum absolute atomic E-state index is 6.05. The normalized spacial score (nSPS) is 21.9. The Hall–Kier alpha value is -1.17. The van der Waals surface area contributed by atoms with Crippen molar-refractivity contribution in [3.05, 3.63) is 35.6 Å². The zero-order valence-corrected chi connectivity index (χ0v) is 13.6. The van der Waals surface area contributed by atoms with Crippen LogP contribution in [0.2, 0.25) is 0 Å². The van der Waals surface area contributed by atoms with E-state index in [1.54, 1.807) is 6.20 Å². The van der Waals surface area contributed by atoms with Crippen LogP contribution in [0.15, 0.2) is 24.3 Å². The standard InChI is InChI=1S/C16H25BN2O2/c1-6-14(18)12-8-10-19-13(11-12)7-9-17-20-15(2,3)16(4,5)21-17/h7-11,14H,6,18H2,1-5H3/b9-7+/t14-/m1/s1. The summed E-state index contributed by atoms with van der Waals surface area (Å²) in [6.45, 7) is 10.2. The predicted octanol–water partition coefficient (Wildman–Crippen LogP) is 3.14. The van der Waals surface area contributed by atoms with Crippen molar-refractivity contribution in [1.29, 1.82) is 0 Å². The van der Waals surface area contributed by atoms with Gasteiger partial charge in [-0.05, 0) is 57.9 Å². The van der Waals surface area contributed by atoms with Crippen LogP contribution in [0.3, 0.4) is 0 Å². The van der Waals surface area contributed by atoms with E-state index in [9.17, 15) is 0 Å². The lowest BCUT2D eigenvalue weighted by atomic mass is 9.89. The second kappa shape index (κ2) is 5.91. The third kappa shape index (κ3) is 3.54. The molecule has 2 rings (SSSR count). The molecule has 1 aromatic rings. The van der Waals surface area contributed by atoms with Crippen molar-refractivity contribution in [3.63, 3.8) is 0 Å². The van der Waals surface area contributed by atoms with E-state index in [1.165, 1.54) is 0 Å². The Labute approximate surface area is 127 Å². The number of nitrogens with two attached hydrogens (primary N) is 1. The monoisotopic (exact) mass is 288 g/mol. The zero-order chi connectivity index (χ0) is 15.7. The molecule has 2 N–H and O–H groups in total. The van der Waals surface area contributed by atoms with Crippen LogP contribution in [-0.2, 0) is 9.31 Å². The minimum Gasteiger partial charge on any atom is -0.400 e. The molecule has 1 aliphatic heterocycles. The fourth-order valence-electron chi connectivity index (χ4n) is 2.17. The predicted molar refractivity (Wildman–Crippen MR) is 86.6 cm³/mol. The molecule has 0 radical (unpaired) electrons. The third-order valence-corrected chi connectivity index (χ3v) is 4.37. The lowest BCUT2D eigenvalue weighted by Crippen LogP contribution is -2.41. The Bertz CT molecular complexity index is 513. The summed E-state index contributed by atoms with van der Waals surface area (Å²) in [4.78, 5) is 4.34. The van der Waals surface area contributed by atoms with Crippen LogP contribution in [0.1, 0.15) is 58.3 Å². The molecular weight excluding hydrogens is 263 g/mol. The molecule has 1 aromatic heterocycles. The lowest BCUT2D eigenvalue weighted by Gasteiger charge is -2.32. The highest BCUT2D eigenvalue weighted by atomic mass is 16.7. The quantitative estimate of drug-likeness (QED) is 0.865. The second-order valence-electron chi connectivity index (χ2n) is 6.51. The van der Waals surface area contributed by atoms with Crippen LogP contribution in [0.25, 0.3) is 6.08 Å². The largest absolute Gasteiger partial charge is 0.487 e. The van der Waals surface area contributed by atoms with Crippen LogP contribution in [-0.4, -0.2) is 23.3 Å². The van der Waals surface area contributed by atoms with Crippen molar-refractivity contribution < 1.29 is 9.31 Å². The van der Waals surface area contributed by atoms with Gasteiger partial charge in [0.1, 0.15) is 0 Å². The van der Waals surface area contributed by atoms with Crippen LogP contribution >= 0.6 is 0 Å². The van der Waals surface area contributed by atoms with Gasteiger partial charge in [0.05, 0.1) is 16.9 Å². The molecule has 1 saturated heterocycles. The van der Waals surface area contributed by atoms with Gasteiger partial charge in [-0.15, -0.1) is 0 Å². The minimum atomic E-state index is -0.347. The van der Waals surface area contributed by atoms with E-state index in [-0.39, 0.29) is 24.4 Å². The summed E-state index contributed by atoms with van der Waals surface area (Å²) in [5.74, 6) is 1.90. The van der Waals surface area contributed by atoms with Crippen molar-refractivity contribution in [2.75, 3.05) is 0 Å². The molecule has 0 bridgehead atoms. The van der Waals surface area contributed by atoms with E-state index < -0.39 is 0 Å². The van der Waals surface area contributed by atoms with E-state index in [0.29, 0.717) is 0 Å². The topological polar surface area (TPSA) is 57.4 Å². The molecule has 2 heterocycles. The van der Waals surface area contributed by atoms with Crippen molar-refractivity contribution in [2.45, 2.75) is 58.3 Å². The number of hydrogen-bond acceptors (Lipinski definition) is 4. The highest BCUT2D eigenvalue weighted by Crippen LogP contribution is 2.37. The highest BCUT2D eigenvalue weighted by molar-refractivity contribution is 6.52. The van der Waals surface area contributed by atoms with E-state index >= 15 is 0 Å². The molecule has 4 nitrogen and oxygen atoms in total. The first kappa shape index (κ1) is 16.2. The summed E-state index contributed by atoms with van der Waals surface area (Å²) in [5.41, 5.74) is 7.38. The molecule has 0 aromatic carbocycles. The first-order valence-electron chi connectivity index (χ1n) is 7.50. The van der Waals surface area contributed by atoms with Gasteiger partial charge in [0.25, 0.3) is 0 Å². The Morgan fingerprint density at radius 3 is 2.48 bits per heavy atom. The first-order chi connectivity index (χ1) is 9.75. The van der Waals surface area contributed by atoms with Gasteiger partial charge in [0.2, 0.25) is 0 Å². The average molecular weight is 288 g/mol. The molecule has 1 atom stereocenters. The Morgan fingerprint density at radius 2 is 1.90 bits per heavy atom. The fraction of sp³-hybridized carbons (Fsp3) is 0.562. The summed E-state index contributed by atoms with van der Waals surface area (Å²) in [5, 5.41) is 0. The first-order valence-corrected chi connectivity index (χ1v) is 7.50. The van der Waals surface area contributed by atoms with E-state index in [2.05, 4.69) is 11.9 Å². The van der Waals surface area contributed by atoms with Gasteiger partial charge >= 0.3 is 7.12 Å². The summed E-state index contributed by atoms with van der Waals surface area (Å²) in [6, 6.07) is 4.02. The minimum absolute atomic E-state index is 0.0528. The smallest absolute Gasteiger partial charge is 0.400 e. The lowest BCUT2D eigenvalue weighted by molar-refractivity contribution is 0.00578. The molecule has 5 heteroatoms. The van der Waals surface area contributed by atoms with Gasteiger partial charge in [0, 0.05) is 12.2 Å². The Morgan fingerprint density at radius 1 is 1.29 bits per heavy atom. The summed E-state index contributed by atoms with van der Waals surface area (Å²) < 4.78 is 11.8. The molecule has 0 aliphatic carbocycles. The number of aromatic nitrogens is 1. The highest BCUT2D eigenvalue weighted by Gasteiger charge is 2.49. The Kier molecular flexibility index (Phi) is 4.56. The van der Waals surface area contributed by atoms with Gasteiger partial charge in [-0.2, -0.15) is 0 Å². The van der Waals surface area contributed by atoms with Crippen LogP contribution < -0.4 is 5.73 Å². The maximum atomic E-state index is 6.05.